The predicted octanol–water partition coefficient (Wildman–Crippen LogP) is 1.39. The van der Waals surface area contributed by atoms with Gasteiger partial charge in [0.1, 0.15) is 12.4 Å². The van der Waals surface area contributed by atoms with E-state index >= 15 is 0 Å². The molecule has 7 heteroatoms. The van der Waals surface area contributed by atoms with Gasteiger partial charge in [-0.2, -0.15) is 0 Å². The van der Waals surface area contributed by atoms with E-state index in [1.807, 2.05) is 0 Å². The van der Waals surface area contributed by atoms with E-state index in [1.165, 1.54) is 6.07 Å². The Balaban J connectivity index is 2.57. The van der Waals surface area contributed by atoms with Crippen LogP contribution in [-0.2, 0) is 14.6 Å². The smallest absolute Gasteiger partial charge is 0.338 e. The Labute approximate surface area is 111 Å². The number of hydrogen-bond donors (Lipinski definition) is 1. The van der Waals surface area contributed by atoms with Crippen molar-refractivity contribution in [1.82, 2.24) is 0 Å². The lowest BCUT2D eigenvalue weighted by Crippen LogP contribution is -2.18. The lowest BCUT2D eigenvalue weighted by Gasteiger charge is -2.06. The second kappa shape index (κ2) is 6.51. The highest BCUT2D eigenvalue weighted by atomic mass is 32.2. The summed E-state index contributed by atoms with van der Waals surface area (Å²) in [5, 5.41) is 0. The van der Waals surface area contributed by atoms with E-state index in [2.05, 4.69) is 0 Å². The molecule has 0 aliphatic rings. The third kappa shape index (κ3) is 5.25. The first-order valence-electron chi connectivity index (χ1n) is 5.77. The summed E-state index contributed by atoms with van der Waals surface area (Å²) in [5.74, 6) is -1.63. The number of carbonyl (C=O) groups is 1. The summed E-state index contributed by atoms with van der Waals surface area (Å²) in [6, 6.07) is 3.33. The summed E-state index contributed by atoms with van der Waals surface area (Å²) in [7, 11) is -3.20. The third-order valence-corrected chi connectivity index (χ3v) is 4.12. The number of halogens is 1. The monoisotopic (exact) mass is 289 g/mol. The van der Waals surface area contributed by atoms with E-state index in [9.17, 15) is 17.6 Å². The largest absolute Gasteiger partial charge is 0.461 e. The number of benzene rings is 1. The molecule has 0 aliphatic carbocycles. The molecule has 0 saturated heterocycles. The Morgan fingerprint density at radius 2 is 2.00 bits per heavy atom. The van der Waals surface area contributed by atoms with E-state index in [0.29, 0.717) is 6.42 Å². The lowest BCUT2D eigenvalue weighted by atomic mass is 10.2. The molecule has 0 aromatic heterocycles. The Bertz CT molecular complexity index is 537. The van der Waals surface area contributed by atoms with Gasteiger partial charge in [0.05, 0.1) is 17.1 Å². The molecule has 0 unspecified atom stereocenters. The second-order valence-electron chi connectivity index (χ2n) is 4.06. The van der Waals surface area contributed by atoms with E-state index in [1.54, 1.807) is 6.92 Å². The highest BCUT2D eigenvalue weighted by Gasteiger charge is 2.13. The number of anilines is 1. The maximum atomic E-state index is 13.0. The van der Waals surface area contributed by atoms with Crippen molar-refractivity contribution in [3.8, 4) is 0 Å². The molecular weight excluding hydrogens is 273 g/mol. The van der Waals surface area contributed by atoms with Crippen LogP contribution in [0.1, 0.15) is 23.7 Å². The zero-order valence-corrected chi connectivity index (χ0v) is 11.4. The molecule has 0 radical (unpaired) electrons. The molecule has 0 spiro atoms. The van der Waals surface area contributed by atoms with Gasteiger partial charge in [0.25, 0.3) is 0 Å². The molecule has 0 atom stereocenters. The maximum Gasteiger partial charge on any atom is 0.338 e. The Hall–Kier alpha value is -1.63. The molecule has 0 fully saturated rings. The minimum Gasteiger partial charge on any atom is -0.461 e. The van der Waals surface area contributed by atoms with Gasteiger partial charge in [-0.15, -0.1) is 0 Å². The first kappa shape index (κ1) is 15.4. The first-order valence-corrected chi connectivity index (χ1v) is 7.60. The summed E-state index contributed by atoms with van der Waals surface area (Å²) in [4.78, 5) is 11.6. The van der Waals surface area contributed by atoms with Crippen LogP contribution in [-0.4, -0.2) is 32.5 Å². The van der Waals surface area contributed by atoms with Crippen LogP contribution >= 0.6 is 0 Å². The number of nitrogens with two attached hydrogens (primary N) is 1. The molecular formula is C12H16FNO4S. The molecule has 1 aromatic rings. The van der Waals surface area contributed by atoms with Gasteiger partial charge in [-0.1, -0.05) is 6.92 Å². The van der Waals surface area contributed by atoms with Crippen molar-refractivity contribution in [3.63, 3.8) is 0 Å². The molecule has 5 nitrogen and oxygen atoms in total. The van der Waals surface area contributed by atoms with Crippen molar-refractivity contribution in [1.29, 1.82) is 0 Å². The summed E-state index contributed by atoms with van der Waals surface area (Å²) in [6.07, 6.45) is 0.511. The van der Waals surface area contributed by atoms with Gasteiger partial charge in [-0.05, 0) is 24.6 Å². The van der Waals surface area contributed by atoms with Crippen LogP contribution in [0, 0.1) is 5.82 Å². The Kier molecular flexibility index (Phi) is 5.29. The van der Waals surface area contributed by atoms with Gasteiger partial charge in [0.15, 0.2) is 9.84 Å². The molecule has 19 heavy (non-hydrogen) atoms. The van der Waals surface area contributed by atoms with Crippen molar-refractivity contribution >= 4 is 21.5 Å². The molecule has 1 rings (SSSR count). The van der Waals surface area contributed by atoms with Crippen LogP contribution in [0.2, 0.25) is 0 Å². The SMILES string of the molecule is CCCS(=O)(=O)CCOC(=O)c1cc(N)cc(F)c1. The topological polar surface area (TPSA) is 86.5 Å². The highest BCUT2D eigenvalue weighted by molar-refractivity contribution is 7.91. The average molecular weight is 289 g/mol. The van der Waals surface area contributed by atoms with Crippen LogP contribution < -0.4 is 5.73 Å². The fourth-order valence-electron chi connectivity index (χ4n) is 1.49. The van der Waals surface area contributed by atoms with Gasteiger partial charge >= 0.3 is 5.97 Å². The van der Waals surface area contributed by atoms with E-state index in [-0.39, 0.29) is 29.4 Å². The van der Waals surface area contributed by atoms with E-state index in [0.717, 1.165) is 12.1 Å². The normalized spacial score (nSPS) is 11.3. The minimum atomic E-state index is -3.20. The number of rotatable bonds is 6. The van der Waals surface area contributed by atoms with Crippen molar-refractivity contribution < 1.29 is 22.3 Å². The molecule has 0 bridgehead atoms. The number of nitrogen functional groups attached to an aromatic ring is 1. The number of sulfone groups is 1. The summed E-state index contributed by atoms with van der Waals surface area (Å²) in [6.45, 7) is 1.50. The zero-order valence-electron chi connectivity index (χ0n) is 10.6. The quantitative estimate of drug-likeness (QED) is 0.631. The Morgan fingerprint density at radius 3 is 2.58 bits per heavy atom. The number of carbonyl (C=O) groups excluding carboxylic acids is 1. The number of esters is 1. The van der Waals surface area contributed by atoms with Crippen molar-refractivity contribution in [2.75, 3.05) is 23.8 Å². The van der Waals surface area contributed by atoms with Gasteiger partial charge in [0.2, 0.25) is 0 Å². The minimum absolute atomic E-state index is 0.0367. The average Bonchev–Trinajstić information content (AvgIpc) is 2.27. The lowest BCUT2D eigenvalue weighted by molar-refractivity contribution is 0.0528. The van der Waals surface area contributed by atoms with Crippen LogP contribution in [0.5, 0.6) is 0 Å². The zero-order chi connectivity index (χ0) is 14.5. The second-order valence-corrected chi connectivity index (χ2v) is 6.36. The molecule has 2 N–H and O–H groups in total. The number of hydrogen-bond acceptors (Lipinski definition) is 5. The maximum absolute atomic E-state index is 13.0. The highest BCUT2D eigenvalue weighted by Crippen LogP contribution is 2.11. The molecule has 0 aliphatic heterocycles. The van der Waals surface area contributed by atoms with E-state index < -0.39 is 21.6 Å². The fourth-order valence-corrected chi connectivity index (χ4v) is 2.65. The molecule has 0 heterocycles. The molecule has 0 amide bonds. The summed E-state index contributed by atoms with van der Waals surface area (Å²) >= 11 is 0. The van der Waals surface area contributed by atoms with Gasteiger partial charge in [0, 0.05) is 5.69 Å². The van der Waals surface area contributed by atoms with Crippen LogP contribution in [0.25, 0.3) is 0 Å². The van der Waals surface area contributed by atoms with Crippen molar-refractivity contribution in [2.24, 2.45) is 0 Å². The molecule has 1 aromatic carbocycles. The van der Waals surface area contributed by atoms with Crippen LogP contribution in [0.3, 0.4) is 0 Å². The van der Waals surface area contributed by atoms with Crippen LogP contribution in [0.4, 0.5) is 10.1 Å². The van der Waals surface area contributed by atoms with Crippen molar-refractivity contribution in [2.45, 2.75) is 13.3 Å². The van der Waals surface area contributed by atoms with E-state index in [4.69, 9.17) is 10.5 Å². The van der Waals surface area contributed by atoms with Crippen LogP contribution in [0.15, 0.2) is 18.2 Å². The standard InChI is InChI=1S/C12H16FNO4S/c1-2-4-19(16,17)5-3-18-12(15)9-6-10(13)8-11(14)7-9/h6-8H,2-5,14H2,1H3. The molecule has 106 valence electrons. The Morgan fingerprint density at radius 1 is 1.32 bits per heavy atom. The third-order valence-electron chi connectivity index (χ3n) is 2.30. The van der Waals surface area contributed by atoms with Crippen molar-refractivity contribution in [3.05, 3.63) is 29.6 Å². The summed E-state index contributed by atoms with van der Waals surface area (Å²) < 4.78 is 40.6. The van der Waals surface area contributed by atoms with Gasteiger partial charge in [-0.25, -0.2) is 17.6 Å². The number of ether oxygens (including phenoxy) is 1. The fraction of sp³-hybridized carbons (Fsp3) is 0.417. The van der Waals surface area contributed by atoms with Gasteiger partial charge < -0.3 is 10.5 Å². The summed E-state index contributed by atoms with van der Waals surface area (Å²) in [5.41, 5.74) is 5.46. The predicted molar refractivity (Wildman–Crippen MR) is 70.0 cm³/mol. The van der Waals surface area contributed by atoms with Gasteiger partial charge in [-0.3, -0.25) is 0 Å². The molecule has 0 saturated carbocycles. The first-order chi connectivity index (χ1) is 8.84.